The molecule has 1 atom stereocenters. The van der Waals surface area contributed by atoms with Crippen molar-refractivity contribution >= 4 is 23.1 Å². The molecule has 0 bridgehead atoms. The van der Waals surface area contributed by atoms with Crippen LogP contribution in [0.25, 0.3) is 0 Å². The maximum absolute atomic E-state index is 13.0. The first-order chi connectivity index (χ1) is 12.5. The number of para-hydroxylation sites is 1. The minimum atomic E-state index is -0.952. The molecule has 0 aromatic heterocycles. The molecule has 1 saturated carbocycles. The Hall–Kier alpha value is -2.01. The quantitative estimate of drug-likeness (QED) is 0.903. The van der Waals surface area contributed by atoms with Crippen molar-refractivity contribution in [3.05, 3.63) is 29.3 Å². The number of nitrogens with zero attached hydrogens (tertiary/aromatic N) is 2. The maximum atomic E-state index is 13.0. The third-order valence-corrected chi connectivity index (χ3v) is 5.62. The summed E-state index contributed by atoms with van der Waals surface area (Å²) in [6, 6.07) is 5.85. The van der Waals surface area contributed by atoms with Gasteiger partial charge in [-0.3, -0.25) is 14.6 Å². The van der Waals surface area contributed by atoms with Gasteiger partial charge in [0, 0.05) is 17.2 Å². The molecule has 2 N–H and O–H groups in total. The SMILES string of the molecule is CC1=N[C@H](N)C(=O)N(CC(=O)C2CCCCCCC2)c2c(C)cccc21. The summed E-state index contributed by atoms with van der Waals surface area (Å²) in [5.74, 6) is -0.0881. The summed E-state index contributed by atoms with van der Waals surface area (Å²) in [7, 11) is 0. The third kappa shape index (κ3) is 3.88. The second kappa shape index (κ2) is 8.12. The topological polar surface area (TPSA) is 75.8 Å². The molecular formula is C21H29N3O2. The average molecular weight is 355 g/mol. The fourth-order valence-electron chi connectivity index (χ4n) is 4.13. The van der Waals surface area contributed by atoms with Gasteiger partial charge >= 0.3 is 0 Å². The van der Waals surface area contributed by atoms with Crippen LogP contribution >= 0.6 is 0 Å². The zero-order valence-electron chi connectivity index (χ0n) is 15.8. The Morgan fingerprint density at radius 2 is 1.81 bits per heavy atom. The van der Waals surface area contributed by atoms with Gasteiger partial charge < -0.3 is 10.6 Å². The van der Waals surface area contributed by atoms with E-state index in [9.17, 15) is 9.59 Å². The second-order valence-electron chi connectivity index (χ2n) is 7.56. The highest BCUT2D eigenvalue weighted by Crippen LogP contribution is 2.30. The standard InChI is InChI=1S/C21H29N3O2/c1-14-9-8-12-17-15(2)23-20(22)21(26)24(19(14)17)13-18(25)16-10-6-4-3-5-7-11-16/h8-9,12,16,20H,3-7,10-11,13,22H2,1-2H3/t20-/m0/s1. The first kappa shape index (κ1) is 18.8. The Kier molecular flexibility index (Phi) is 5.87. The van der Waals surface area contributed by atoms with E-state index < -0.39 is 6.17 Å². The largest absolute Gasteiger partial charge is 0.302 e. The van der Waals surface area contributed by atoms with Crippen LogP contribution in [0, 0.1) is 12.8 Å². The van der Waals surface area contributed by atoms with Crippen LogP contribution in [-0.4, -0.2) is 30.1 Å². The second-order valence-corrected chi connectivity index (χ2v) is 7.56. The number of benzene rings is 1. The molecule has 26 heavy (non-hydrogen) atoms. The molecule has 5 heteroatoms. The fraction of sp³-hybridized carbons (Fsp3) is 0.571. The zero-order valence-corrected chi connectivity index (χ0v) is 15.8. The van der Waals surface area contributed by atoms with Crippen LogP contribution in [0.1, 0.15) is 63.0 Å². The lowest BCUT2D eigenvalue weighted by atomic mass is 9.88. The fourth-order valence-corrected chi connectivity index (χ4v) is 4.13. The molecular weight excluding hydrogens is 326 g/mol. The number of nitrogens with two attached hydrogens (primary N) is 1. The molecule has 1 aromatic carbocycles. The first-order valence-electron chi connectivity index (χ1n) is 9.73. The van der Waals surface area contributed by atoms with Crippen molar-refractivity contribution < 1.29 is 9.59 Å². The maximum Gasteiger partial charge on any atom is 0.266 e. The van der Waals surface area contributed by atoms with Crippen LogP contribution in [0.5, 0.6) is 0 Å². The lowest BCUT2D eigenvalue weighted by Crippen LogP contribution is -2.46. The molecule has 5 nitrogen and oxygen atoms in total. The summed E-state index contributed by atoms with van der Waals surface area (Å²) in [6.45, 7) is 3.92. The van der Waals surface area contributed by atoms with Crippen LogP contribution < -0.4 is 10.6 Å². The van der Waals surface area contributed by atoms with E-state index in [-0.39, 0.29) is 24.2 Å². The van der Waals surface area contributed by atoms with Crippen LogP contribution in [0.2, 0.25) is 0 Å². The van der Waals surface area contributed by atoms with Gasteiger partial charge in [-0.15, -0.1) is 0 Å². The van der Waals surface area contributed by atoms with E-state index in [1.807, 2.05) is 32.0 Å². The van der Waals surface area contributed by atoms with Crippen molar-refractivity contribution in [3.63, 3.8) is 0 Å². The number of amides is 1. The number of hydrogen-bond donors (Lipinski definition) is 1. The van der Waals surface area contributed by atoms with E-state index in [2.05, 4.69) is 4.99 Å². The molecule has 140 valence electrons. The highest BCUT2D eigenvalue weighted by molar-refractivity contribution is 6.13. The van der Waals surface area contributed by atoms with Gasteiger partial charge in [0.25, 0.3) is 5.91 Å². The lowest BCUT2D eigenvalue weighted by Gasteiger charge is -2.27. The van der Waals surface area contributed by atoms with Gasteiger partial charge in [0.15, 0.2) is 11.9 Å². The molecule has 0 saturated heterocycles. The summed E-state index contributed by atoms with van der Waals surface area (Å²) in [4.78, 5) is 31.8. The van der Waals surface area contributed by atoms with E-state index in [1.165, 1.54) is 19.3 Å². The first-order valence-corrected chi connectivity index (χ1v) is 9.73. The number of carbonyl (C=O) groups is 2. The number of aryl methyl sites for hydroxylation is 1. The predicted octanol–water partition coefficient (Wildman–Crippen LogP) is 3.37. The summed E-state index contributed by atoms with van der Waals surface area (Å²) >= 11 is 0. The van der Waals surface area contributed by atoms with Gasteiger partial charge in [-0.1, -0.05) is 50.3 Å². The van der Waals surface area contributed by atoms with E-state index in [0.717, 1.165) is 48.2 Å². The number of rotatable bonds is 3. The van der Waals surface area contributed by atoms with Crippen LogP contribution in [0.4, 0.5) is 5.69 Å². The van der Waals surface area contributed by atoms with E-state index in [0.29, 0.717) is 0 Å². The molecule has 1 aliphatic heterocycles. The predicted molar refractivity (Wildman–Crippen MR) is 105 cm³/mol. The summed E-state index contributed by atoms with van der Waals surface area (Å²) in [5.41, 5.74) is 9.37. The molecule has 1 aromatic rings. The molecule has 3 rings (SSSR count). The smallest absolute Gasteiger partial charge is 0.266 e. The number of ketones is 1. The monoisotopic (exact) mass is 355 g/mol. The van der Waals surface area contributed by atoms with Crippen molar-refractivity contribution in [2.24, 2.45) is 16.6 Å². The lowest BCUT2D eigenvalue weighted by molar-refractivity contribution is -0.125. The molecule has 2 aliphatic rings. The molecule has 0 radical (unpaired) electrons. The van der Waals surface area contributed by atoms with Crippen LogP contribution in [0.3, 0.4) is 0 Å². The Bertz CT molecular complexity index is 718. The van der Waals surface area contributed by atoms with Crippen LogP contribution in [0.15, 0.2) is 23.2 Å². The normalized spacial score (nSPS) is 22.1. The molecule has 1 heterocycles. The number of benzodiazepines with no additional fused rings is 1. The van der Waals surface area contributed by atoms with Gasteiger partial charge in [-0.2, -0.15) is 0 Å². The van der Waals surface area contributed by atoms with E-state index in [4.69, 9.17) is 5.73 Å². The van der Waals surface area contributed by atoms with Crippen molar-refractivity contribution in [2.75, 3.05) is 11.4 Å². The molecule has 0 spiro atoms. The van der Waals surface area contributed by atoms with Crippen molar-refractivity contribution in [1.82, 2.24) is 0 Å². The molecule has 1 amide bonds. The number of fused-ring (bicyclic) bond motifs is 1. The molecule has 0 unspecified atom stereocenters. The number of Topliss-reactive ketones (excluding diaryl/α,β-unsaturated/α-hetero) is 1. The van der Waals surface area contributed by atoms with Gasteiger partial charge in [-0.25, -0.2) is 0 Å². The van der Waals surface area contributed by atoms with Crippen molar-refractivity contribution in [2.45, 2.75) is 65.0 Å². The Balaban J connectivity index is 1.89. The molecule has 1 fully saturated rings. The van der Waals surface area contributed by atoms with Crippen LogP contribution in [-0.2, 0) is 9.59 Å². The minimum absolute atomic E-state index is 0.0528. The number of hydrogen-bond acceptors (Lipinski definition) is 4. The van der Waals surface area contributed by atoms with Crippen molar-refractivity contribution in [1.29, 1.82) is 0 Å². The third-order valence-electron chi connectivity index (χ3n) is 5.62. The van der Waals surface area contributed by atoms with Gasteiger partial charge in [0.1, 0.15) is 0 Å². The Morgan fingerprint density at radius 1 is 1.15 bits per heavy atom. The van der Waals surface area contributed by atoms with E-state index >= 15 is 0 Å². The number of aliphatic imine (C=N–C) groups is 1. The Labute approximate surface area is 155 Å². The van der Waals surface area contributed by atoms with Gasteiger partial charge in [0.2, 0.25) is 0 Å². The Morgan fingerprint density at radius 3 is 2.50 bits per heavy atom. The van der Waals surface area contributed by atoms with E-state index in [1.54, 1.807) is 4.90 Å². The minimum Gasteiger partial charge on any atom is -0.302 e. The zero-order chi connectivity index (χ0) is 18.7. The van der Waals surface area contributed by atoms with Crippen molar-refractivity contribution in [3.8, 4) is 0 Å². The van der Waals surface area contributed by atoms with Gasteiger partial charge in [-0.05, 0) is 32.3 Å². The summed E-state index contributed by atoms with van der Waals surface area (Å²) in [6.07, 6.45) is 6.78. The van der Waals surface area contributed by atoms with Gasteiger partial charge in [0.05, 0.1) is 12.2 Å². The highest BCUT2D eigenvalue weighted by Gasteiger charge is 2.32. The number of anilines is 1. The number of carbonyl (C=O) groups excluding carboxylic acids is 2. The summed E-state index contributed by atoms with van der Waals surface area (Å²) in [5, 5.41) is 0. The average Bonchev–Trinajstić information content (AvgIpc) is 2.66. The molecule has 1 aliphatic carbocycles. The highest BCUT2D eigenvalue weighted by atomic mass is 16.2. The summed E-state index contributed by atoms with van der Waals surface area (Å²) < 4.78 is 0.